The molecule has 0 atom stereocenters. The molecule has 4 rings (SSSR count). The Balaban J connectivity index is 1.28. The quantitative estimate of drug-likeness (QED) is 0.581. The summed E-state index contributed by atoms with van der Waals surface area (Å²) in [5, 5.41) is 2.84. The van der Waals surface area contributed by atoms with E-state index < -0.39 is 0 Å². The summed E-state index contributed by atoms with van der Waals surface area (Å²) in [5.41, 5.74) is 3.32. The largest absolute Gasteiger partial charge is 0.350 e. The number of nitrogens with one attached hydrogen (secondary N) is 1. The summed E-state index contributed by atoms with van der Waals surface area (Å²) < 4.78 is 0. The molecule has 0 radical (unpaired) electrons. The second-order valence-corrected chi connectivity index (χ2v) is 8.24. The van der Waals surface area contributed by atoms with Crippen LogP contribution in [-0.4, -0.2) is 52.8 Å². The third kappa shape index (κ3) is 6.26. The molecule has 6 nitrogen and oxygen atoms in total. The predicted molar refractivity (Wildman–Crippen MR) is 128 cm³/mol. The van der Waals surface area contributed by atoms with Crippen molar-refractivity contribution >= 4 is 11.8 Å². The topological polar surface area (TPSA) is 65.5 Å². The van der Waals surface area contributed by atoms with Gasteiger partial charge in [0.1, 0.15) is 0 Å². The number of carbonyl (C=O) groups is 2. The minimum absolute atomic E-state index is 0.0404. The molecule has 1 fully saturated rings. The van der Waals surface area contributed by atoms with Gasteiger partial charge in [-0.15, -0.1) is 0 Å². The minimum atomic E-state index is -0.124. The highest BCUT2D eigenvalue weighted by atomic mass is 16.2. The lowest BCUT2D eigenvalue weighted by Gasteiger charge is -2.39. The number of piperazine rings is 1. The van der Waals surface area contributed by atoms with E-state index in [4.69, 9.17) is 0 Å². The average molecular weight is 443 g/mol. The zero-order valence-corrected chi connectivity index (χ0v) is 18.8. The van der Waals surface area contributed by atoms with Gasteiger partial charge >= 0.3 is 0 Å². The maximum absolute atomic E-state index is 12.7. The molecule has 170 valence electrons. The van der Waals surface area contributed by atoms with Crippen molar-refractivity contribution in [2.24, 2.45) is 0 Å². The molecular formula is C27H30N4O2. The fourth-order valence-electron chi connectivity index (χ4n) is 4.27. The van der Waals surface area contributed by atoms with Gasteiger partial charge in [-0.3, -0.25) is 19.5 Å². The standard InChI is InChI=1S/C27H30N4O2/c32-25(29-21-24-13-7-8-16-28-24)14-15-26(33)30-17-19-31(20-18-30)27(22-9-3-1-4-10-22)23-11-5-2-6-12-23/h1-13,16,27H,14-15,17-21H2,(H,29,32). The van der Waals surface area contributed by atoms with Gasteiger partial charge in [-0.05, 0) is 23.3 Å². The summed E-state index contributed by atoms with van der Waals surface area (Å²) in [6.45, 7) is 3.32. The summed E-state index contributed by atoms with van der Waals surface area (Å²) >= 11 is 0. The Morgan fingerprint density at radius 2 is 1.39 bits per heavy atom. The molecule has 2 aromatic carbocycles. The number of amides is 2. The second-order valence-electron chi connectivity index (χ2n) is 8.24. The fourth-order valence-corrected chi connectivity index (χ4v) is 4.27. The molecule has 0 saturated carbocycles. The molecule has 2 amide bonds. The number of aromatic nitrogens is 1. The normalized spacial score (nSPS) is 14.3. The van der Waals surface area contributed by atoms with Gasteiger partial charge in [0.25, 0.3) is 0 Å². The predicted octanol–water partition coefficient (Wildman–Crippen LogP) is 3.41. The van der Waals surface area contributed by atoms with E-state index in [0.717, 1.165) is 18.8 Å². The molecule has 33 heavy (non-hydrogen) atoms. The summed E-state index contributed by atoms with van der Waals surface area (Å²) in [4.78, 5) is 33.4. The van der Waals surface area contributed by atoms with Gasteiger partial charge in [-0.1, -0.05) is 66.7 Å². The first-order valence-corrected chi connectivity index (χ1v) is 11.5. The molecule has 2 heterocycles. The van der Waals surface area contributed by atoms with Crippen molar-refractivity contribution in [1.29, 1.82) is 0 Å². The maximum atomic E-state index is 12.7. The van der Waals surface area contributed by atoms with Crippen molar-refractivity contribution in [2.45, 2.75) is 25.4 Å². The lowest BCUT2D eigenvalue weighted by atomic mass is 9.96. The summed E-state index contributed by atoms with van der Waals surface area (Å²) in [6, 6.07) is 26.8. The van der Waals surface area contributed by atoms with E-state index in [1.807, 2.05) is 35.2 Å². The monoisotopic (exact) mass is 442 g/mol. The number of pyridine rings is 1. The molecule has 0 bridgehead atoms. The summed E-state index contributed by atoms with van der Waals surface area (Å²) in [6.07, 6.45) is 2.13. The molecule has 6 heteroatoms. The Kier molecular flexibility index (Phi) is 7.82. The number of carbonyl (C=O) groups excluding carboxylic acids is 2. The molecule has 1 aromatic heterocycles. The summed E-state index contributed by atoms with van der Waals surface area (Å²) in [5.74, 6) is -0.0838. The Labute approximate surface area is 195 Å². The van der Waals surface area contributed by atoms with Gasteiger partial charge in [-0.2, -0.15) is 0 Å². The van der Waals surface area contributed by atoms with Crippen molar-refractivity contribution in [3.8, 4) is 0 Å². The number of hydrogen-bond acceptors (Lipinski definition) is 4. The minimum Gasteiger partial charge on any atom is -0.350 e. The Morgan fingerprint density at radius 1 is 0.788 bits per heavy atom. The molecule has 0 aliphatic carbocycles. The van der Waals surface area contributed by atoms with E-state index in [1.165, 1.54) is 11.1 Å². The molecule has 1 aliphatic heterocycles. The lowest BCUT2D eigenvalue weighted by Crippen LogP contribution is -2.50. The van der Waals surface area contributed by atoms with Gasteiger partial charge < -0.3 is 10.2 Å². The molecule has 1 N–H and O–H groups in total. The zero-order chi connectivity index (χ0) is 22.9. The van der Waals surface area contributed by atoms with Crippen molar-refractivity contribution in [1.82, 2.24) is 20.1 Å². The van der Waals surface area contributed by atoms with Crippen molar-refractivity contribution in [3.63, 3.8) is 0 Å². The average Bonchev–Trinajstić information content (AvgIpc) is 2.88. The van der Waals surface area contributed by atoms with Crippen molar-refractivity contribution in [2.75, 3.05) is 26.2 Å². The van der Waals surface area contributed by atoms with Crippen LogP contribution in [0, 0.1) is 0 Å². The fraction of sp³-hybridized carbons (Fsp3) is 0.296. The molecule has 0 unspecified atom stereocenters. The van der Waals surface area contributed by atoms with E-state index in [9.17, 15) is 9.59 Å². The number of rotatable bonds is 8. The van der Waals surface area contributed by atoms with E-state index in [1.54, 1.807) is 6.20 Å². The Hall–Kier alpha value is -3.51. The Morgan fingerprint density at radius 3 is 1.97 bits per heavy atom. The number of nitrogens with zero attached hydrogens (tertiary/aromatic N) is 3. The van der Waals surface area contributed by atoms with E-state index >= 15 is 0 Å². The van der Waals surface area contributed by atoms with Crippen molar-refractivity contribution < 1.29 is 9.59 Å². The highest BCUT2D eigenvalue weighted by molar-refractivity contribution is 5.83. The van der Waals surface area contributed by atoms with Gasteiger partial charge in [0.05, 0.1) is 18.3 Å². The van der Waals surface area contributed by atoms with Crippen LogP contribution in [0.3, 0.4) is 0 Å². The molecule has 0 spiro atoms. The summed E-state index contributed by atoms with van der Waals surface area (Å²) in [7, 11) is 0. The van der Waals surface area contributed by atoms with Crippen LogP contribution in [0.25, 0.3) is 0 Å². The van der Waals surface area contributed by atoms with Crippen molar-refractivity contribution in [3.05, 3.63) is 102 Å². The molecule has 1 saturated heterocycles. The lowest BCUT2D eigenvalue weighted by molar-refractivity contribution is -0.135. The zero-order valence-electron chi connectivity index (χ0n) is 18.8. The van der Waals surface area contributed by atoms with Crippen LogP contribution in [0.1, 0.15) is 35.7 Å². The van der Waals surface area contributed by atoms with Gasteiger partial charge in [-0.25, -0.2) is 0 Å². The molecule has 3 aromatic rings. The highest BCUT2D eigenvalue weighted by Crippen LogP contribution is 2.29. The maximum Gasteiger partial charge on any atom is 0.223 e. The first-order chi connectivity index (χ1) is 16.2. The highest BCUT2D eigenvalue weighted by Gasteiger charge is 2.28. The first-order valence-electron chi connectivity index (χ1n) is 11.5. The molecular weight excluding hydrogens is 412 g/mol. The SMILES string of the molecule is O=C(CCC(=O)N1CCN(C(c2ccccc2)c2ccccc2)CC1)NCc1ccccn1. The van der Waals surface area contributed by atoms with E-state index in [0.29, 0.717) is 19.6 Å². The van der Waals surface area contributed by atoms with Crippen LogP contribution in [0.15, 0.2) is 85.1 Å². The van der Waals surface area contributed by atoms with Crippen LogP contribution in [0.4, 0.5) is 0 Å². The van der Waals surface area contributed by atoms with Crippen LogP contribution in [0.2, 0.25) is 0 Å². The molecule has 1 aliphatic rings. The third-order valence-electron chi connectivity index (χ3n) is 6.02. The van der Waals surface area contributed by atoms with Crippen LogP contribution < -0.4 is 5.32 Å². The second kappa shape index (κ2) is 11.4. The van der Waals surface area contributed by atoms with Crippen LogP contribution in [-0.2, 0) is 16.1 Å². The number of hydrogen-bond donors (Lipinski definition) is 1. The van der Waals surface area contributed by atoms with Gasteiger partial charge in [0.2, 0.25) is 11.8 Å². The Bertz CT molecular complexity index is 980. The van der Waals surface area contributed by atoms with Gasteiger partial charge in [0.15, 0.2) is 0 Å². The number of benzene rings is 2. The third-order valence-corrected chi connectivity index (χ3v) is 6.02. The van der Waals surface area contributed by atoms with Crippen LogP contribution in [0.5, 0.6) is 0 Å². The smallest absolute Gasteiger partial charge is 0.223 e. The van der Waals surface area contributed by atoms with E-state index in [-0.39, 0.29) is 30.7 Å². The van der Waals surface area contributed by atoms with Crippen LogP contribution >= 0.6 is 0 Å². The van der Waals surface area contributed by atoms with E-state index in [2.05, 4.69) is 63.7 Å². The first kappa shape index (κ1) is 22.7. The van der Waals surface area contributed by atoms with Gasteiger partial charge in [0, 0.05) is 45.2 Å².